The van der Waals surface area contributed by atoms with Crippen molar-refractivity contribution in [2.75, 3.05) is 25.0 Å². The van der Waals surface area contributed by atoms with E-state index in [2.05, 4.69) is 42.3 Å². The second-order valence-electron chi connectivity index (χ2n) is 6.20. The molecule has 1 saturated heterocycles. The van der Waals surface area contributed by atoms with Crippen LogP contribution in [0.2, 0.25) is 0 Å². The maximum Gasteiger partial charge on any atom is 0.223 e. The molecule has 126 valence electrons. The van der Waals surface area contributed by atoms with Crippen LogP contribution in [0.1, 0.15) is 24.6 Å². The Morgan fingerprint density at radius 3 is 3.17 bits per heavy atom. The van der Waals surface area contributed by atoms with Gasteiger partial charge in [0, 0.05) is 26.6 Å². The predicted octanol–water partition coefficient (Wildman–Crippen LogP) is 2.48. The first kappa shape index (κ1) is 15.5. The van der Waals surface area contributed by atoms with Gasteiger partial charge in [0.25, 0.3) is 0 Å². The van der Waals surface area contributed by atoms with Gasteiger partial charge in [0.1, 0.15) is 12.1 Å². The number of aromatic nitrogens is 4. The number of hydrogen-bond acceptors (Lipinski definition) is 8. The van der Waals surface area contributed by atoms with Crippen LogP contribution in [0.3, 0.4) is 0 Å². The smallest absolute Gasteiger partial charge is 0.223 e. The summed E-state index contributed by atoms with van der Waals surface area (Å²) in [6.07, 6.45) is 3.98. The summed E-state index contributed by atoms with van der Waals surface area (Å²) in [6.45, 7) is 4.60. The molecule has 0 radical (unpaired) electrons. The summed E-state index contributed by atoms with van der Waals surface area (Å²) in [5, 5.41) is 6.08. The largest absolute Gasteiger partial charge is 0.354 e. The fraction of sp³-hybridized carbons (Fsp3) is 0.500. The number of piperidine rings is 1. The minimum atomic E-state index is 0.423. The third-order valence-corrected chi connectivity index (χ3v) is 5.42. The minimum Gasteiger partial charge on any atom is -0.354 e. The zero-order valence-electron chi connectivity index (χ0n) is 13.8. The molecule has 7 nitrogen and oxygen atoms in total. The topological polar surface area (TPSA) is 71.2 Å². The Hall–Kier alpha value is -2.06. The third-order valence-electron chi connectivity index (χ3n) is 4.52. The maximum atomic E-state index is 5.08. The summed E-state index contributed by atoms with van der Waals surface area (Å²) in [4.78, 5) is 17.9. The quantitative estimate of drug-likeness (QED) is 0.720. The molecule has 24 heavy (non-hydrogen) atoms. The first-order chi connectivity index (χ1) is 11.7. The number of likely N-dealkylation sites (N-methyl/N-ethyl adjacent to an activating group) is 1. The number of rotatable bonds is 4. The fourth-order valence-corrected chi connectivity index (χ4v) is 4.17. The number of likely N-dealkylation sites (tertiary alicyclic amines) is 1. The van der Waals surface area contributed by atoms with Gasteiger partial charge in [0.2, 0.25) is 5.89 Å². The predicted molar refractivity (Wildman–Crippen MR) is 93.2 cm³/mol. The van der Waals surface area contributed by atoms with Crippen molar-refractivity contribution in [3.05, 3.63) is 29.5 Å². The van der Waals surface area contributed by atoms with Crippen molar-refractivity contribution in [2.45, 2.75) is 32.4 Å². The van der Waals surface area contributed by atoms with Crippen LogP contribution in [0.25, 0.3) is 10.2 Å². The molecule has 1 fully saturated rings. The number of thiophene rings is 1. The van der Waals surface area contributed by atoms with Crippen LogP contribution in [-0.4, -0.2) is 51.2 Å². The van der Waals surface area contributed by atoms with Gasteiger partial charge in [0.05, 0.1) is 16.8 Å². The molecule has 0 aliphatic carbocycles. The average molecular weight is 344 g/mol. The number of hydrogen-bond donors (Lipinski definition) is 0. The lowest BCUT2D eigenvalue weighted by atomic mass is 10.0. The Labute approximate surface area is 144 Å². The van der Waals surface area contributed by atoms with E-state index >= 15 is 0 Å². The van der Waals surface area contributed by atoms with Gasteiger partial charge in [-0.1, -0.05) is 5.16 Å². The Bertz CT molecular complexity index is 831. The van der Waals surface area contributed by atoms with Gasteiger partial charge in [-0.25, -0.2) is 9.97 Å². The van der Waals surface area contributed by atoms with Gasteiger partial charge in [-0.05, 0) is 30.8 Å². The zero-order chi connectivity index (χ0) is 16.5. The van der Waals surface area contributed by atoms with Crippen molar-refractivity contribution >= 4 is 27.4 Å². The Morgan fingerprint density at radius 2 is 2.33 bits per heavy atom. The highest BCUT2D eigenvalue weighted by atomic mass is 32.1. The minimum absolute atomic E-state index is 0.423. The zero-order valence-corrected chi connectivity index (χ0v) is 14.7. The lowest BCUT2D eigenvalue weighted by Crippen LogP contribution is -2.46. The van der Waals surface area contributed by atoms with Crippen molar-refractivity contribution in [1.29, 1.82) is 0 Å². The van der Waals surface area contributed by atoms with Crippen molar-refractivity contribution in [1.82, 2.24) is 25.0 Å². The molecular weight excluding hydrogens is 324 g/mol. The van der Waals surface area contributed by atoms with Crippen molar-refractivity contribution in [3.63, 3.8) is 0 Å². The molecule has 0 saturated carbocycles. The second kappa shape index (κ2) is 6.45. The van der Waals surface area contributed by atoms with E-state index in [4.69, 9.17) is 4.52 Å². The first-order valence-corrected chi connectivity index (χ1v) is 9.01. The van der Waals surface area contributed by atoms with E-state index in [-0.39, 0.29) is 0 Å². The molecular formula is C16H20N6OS. The van der Waals surface area contributed by atoms with Gasteiger partial charge in [0.15, 0.2) is 5.82 Å². The second-order valence-corrected chi connectivity index (χ2v) is 7.12. The first-order valence-electron chi connectivity index (χ1n) is 8.13. The monoisotopic (exact) mass is 344 g/mol. The standard InChI is InChI=1S/C16H20N6OS/c1-11-19-14(20-23-11)9-22-6-3-4-12(8-22)21(2)16-15-13(5-7-24-15)17-10-18-16/h5,7,10,12H,3-4,6,8-9H2,1-2H3. The third kappa shape index (κ3) is 2.99. The SMILES string of the molecule is Cc1nc(CN2CCCC(N(C)c3ncnc4ccsc34)C2)no1. The molecule has 0 N–H and O–H groups in total. The molecule has 4 rings (SSSR count). The summed E-state index contributed by atoms with van der Waals surface area (Å²) >= 11 is 1.70. The van der Waals surface area contributed by atoms with E-state index in [0.717, 1.165) is 54.3 Å². The Morgan fingerprint density at radius 1 is 1.42 bits per heavy atom. The molecule has 1 aliphatic heterocycles. The highest BCUT2D eigenvalue weighted by Crippen LogP contribution is 2.30. The number of fused-ring (bicyclic) bond motifs is 1. The van der Waals surface area contributed by atoms with E-state index in [1.54, 1.807) is 17.7 Å². The molecule has 1 unspecified atom stereocenters. The molecule has 8 heteroatoms. The maximum absolute atomic E-state index is 5.08. The van der Waals surface area contributed by atoms with Crippen molar-refractivity contribution < 1.29 is 4.52 Å². The van der Waals surface area contributed by atoms with Crippen molar-refractivity contribution in [2.24, 2.45) is 0 Å². The van der Waals surface area contributed by atoms with E-state index in [1.807, 2.05) is 13.0 Å². The highest BCUT2D eigenvalue weighted by Gasteiger charge is 2.26. The summed E-state index contributed by atoms with van der Waals surface area (Å²) in [5.74, 6) is 2.41. The Balaban J connectivity index is 1.50. The lowest BCUT2D eigenvalue weighted by molar-refractivity contribution is 0.192. The van der Waals surface area contributed by atoms with Gasteiger partial charge in [-0.15, -0.1) is 11.3 Å². The summed E-state index contributed by atoms with van der Waals surface area (Å²) < 4.78 is 6.23. The van der Waals surface area contributed by atoms with Crippen LogP contribution in [0.15, 0.2) is 22.3 Å². The molecule has 1 atom stereocenters. The molecule has 3 aromatic heterocycles. The van der Waals surface area contributed by atoms with E-state index in [0.29, 0.717) is 11.9 Å². The molecule has 4 heterocycles. The van der Waals surface area contributed by atoms with Crippen LogP contribution in [-0.2, 0) is 6.54 Å². The van der Waals surface area contributed by atoms with Gasteiger partial charge in [-0.3, -0.25) is 4.90 Å². The van der Waals surface area contributed by atoms with E-state index in [1.165, 1.54) is 0 Å². The molecule has 1 aliphatic rings. The number of anilines is 1. The lowest BCUT2D eigenvalue weighted by Gasteiger charge is -2.37. The van der Waals surface area contributed by atoms with Crippen LogP contribution in [0.5, 0.6) is 0 Å². The highest BCUT2D eigenvalue weighted by molar-refractivity contribution is 7.17. The van der Waals surface area contributed by atoms with Gasteiger partial charge in [-0.2, -0.15) is 4.98 Å². The van der Waals surface area contributed by atoms with Crippen LogP contribution < -0.4 is 4.90 Å². The number of aryl methyl sites for hydroxylation is 1. The molecule has 0 aromatic carbocycles. The van der Waals surface area contributed by atoms with E-state index < -0.39 is 0 Å². The van der Waals surface area contributed by atoms with Crippen LogP contribution in [0, 0.1) is 6.92 Å². The molecule has 0 amide bonds. The Kier molecular flexibility index (Phi) is 4.15. The summed E-state index contributed by atoms with van der Waals surface area (Å²) in [6, 6.07) is 2.47. The number of nitrogens with zero attached hydrogens (tertiary/aromatic N) is 6. The normalized spacial score (nSPS) is 19.0. The van der Waals surface area contributed by atoms with Crippen molar-refractivity contribution in [3.8, 4) is 0 Å². The fourth-order valence-electron chi connectivity index (χ4n) is 3.30. The average Bonchev–Trinajstić information content (AvgIpc) is 3.23. The molecule has 0 spiro atoms. The van der Waals surface area contributed by atoms with Gasteiger partial charge >= 0.3 is 0 Å². The summed E-state index contributed by atoms with van der Waals surface area (Å²) in [5.41, 5.74) is 1.02. The van der Waals surface area contributed by atoms with Crippen LogP contribution in [0.4, 0.5) is 5.82 Å². The molecule has 0 bridgehead atoms. The van der Waals surface area contributed by atoms with E-state index in [9.17, 15) is 0 Å². The summed E-state index contributed by atoms with van der Waals surface area (Å²) in [7, 11) is 2.13. The van der Waals surface area contributed by atoms with Crippen LogP contribution >= 0.6 is 11.3 Å². The molecule has 3 aromatic rings. The van der Waals surface area contributed by atoms with Gasteiger partial charge < -0.3 is 9.42 Å².